The van der Waals surface area contributed by atoms with Gasteiger partial charge in [0.1, 0.15) is 5.82 Å². The van der Waals surface area contributed by atoms with Crippen molar-refractivity contribution in [1.29, 1.82) is 0 Å². The SMILES string of the molecule is CCOC(=O)C1CCCN(c2nc(-c3ccc4c(c3)OCO4)c3c(N)n(C)nc3n2)C1. The van der Waals surface area contributed by atoms with Gasteiger partial charge < -0.3 is 24.8 Å². The summed E-state index contributed by atoms with van der Waals surface area (Å²) in [5, 5.41) is 5.16. The van der Waals surface area contributed by atoms with E-state index in [1.807, 2.05) is 30.0 Å². The number of hydrogen-bond donors (Lipinski definition) is 1. The summed E-state index contributed by atoms with van der Waals surface area (Å²) >= 11 is 0. The van der Waals surface area contributed by atoms with Crippen LogP contribution in [0.25, 0.3) is 22.3 Å². The number of anilines is 2. The number of carbonyl (C=O) groups is 1. The topological polar surface area (TPSA) is 118 Å². The molecule has 1 unspecified atom stereocenters. The molecule has 0 saturated carbocycles. The third-order valence-electron chi connectivity index (χ3n) is 5.70. The van der Waals surface area contributed by atoms with E-state index in [0.717, 1.165) is 24.9 Å². The maximum Gasteiger partial charge on any atom is 0.310 e. The van der Waals surface area contributed by atoms with E-state index in [4.69, 9.17) is 24.9 Å². The summed E-state index contributed by atoms with van der Waals surface area (Å²) in [6, 6.07) is 5.66. The average Bonchev–Trinajstić information content (AvgIpc) is 3.37. The molecule has 31 heavy (non-hydrogen) atoms. The largest absolute Gasteiger partial charge is 0.466 e. The molecule has 2 N–H and O–H groups in total. The summed E-state index contributed by atoms with van der Waals surface area (Å²) in [6.45, 7) is 3.65. The summed E-state index contributed by atoms with van der Waals surface area (Å²) in [5.74, 6) is 1.99. The first kappa shape index (κ1) is 19.4. The number of aromatic nitrogens is 4. The lowest BCUT2D eigenvalue weighted by Gasteiger charge is -2.31. The summed E-state index contributed by atoms with van der Waals surface area (Å²) in [6.07, 6.45) is 1.65. The summed E-state index contributed by atoms with van der Waals surface area (Å²) in [5.41, 5.74) is 8.31. The number of nitrogen functional groups attached to an aromatic ring is 1. The highest BCUT2D eigenvalue weighted by Crippen LogP contribution is 2.39. The number of nitrogens with two attached hydrogens (primary N) is 1. The van der Waals surface area contributed by atoms with Crippen molar-refractivity contribution in [2.45, 2.75) is 19.8 Å². The molecule has 10 heteroatoms. The predicted octanol–water partition coefficient (Wildman–Crippen LogP) is 2.12. The fraction of sp³-hybridized carbons (Fsp3) is 0.429. The molecule has 0 bridgehead atoms. The molecule has 0 radical (unpaired) electrons. The number of carbonyl (C=O) groups excluding carboxylic acids is 1. The maximum atomic E-state index is 12.3. The Hall–Kier alpha value is -3.56. The van der Waals surface area contributed by atoms with Gasteiger partial charge in [0.05, 0.1) is 23.6 Å². The van der Waals surface area contributed by atoms with Crippen molar-refractivity contribution >= 4 is 28.8 Å². The molecule has 0 amide bonds. The lowest BCUT2D eigenvalue weighted by molar-refractivity contribution is -0.148. The summed E-state index contributed by atoms with van der Waals surface area (Å²) in [7, 11) is 1.78. The predicted molar refractivity (Wildman–Crippen MR) is 114 cm³/mol. The van der Waals surface area contributed by atoms with Gasteiger partial charge in [0, 0.05) is 25.7 Å². The number of aryl methyl sites for hydroxylation is 1. The first-order valence-electron chi connectivity index (χ1n) is 10.4. The lowest BCUT2D eigenvalue weighted by Crippen LogP contribution is -2.40. The van der Waals surface area contributed by atoms with Gasteiger partial charge in [0.25, 0.3) is 0 Å². The number of hydrogen-bond acceptors (Lipinski definition) is 9. The fourth-order valence-corrected chi connectivity index (χ4v) is 4.11. The van der Waals surface area contributed by atoms with E-state index >= 15 is 0 Å². The van der Waals surface area contributed by atoms with Crippen molar-refractivity contribution in [2.75, 3.05) is 37.1 Å². The van der Waals surface area contributed by atoms with Crippen LogP contribution in [-0.4, -0.2) is 52.2 Å². The Kier molecular flexibility index (Phi) is 4.76. The molecule has 1 atom stereocenters. The molecule has 1 fully saturated rings. The molecule has 1 saturated heterocycles. The second-order valence-electron chi connectivity index (χ2n) is 7.68. The van der Waals surface area contributed by atoms with Gasteiger partial charge in [-0.2, -0.15) is 10.1 Å². The van der Waals surface area contributed by atoms with Crippen LogP contribution in [0.2, 0.25) is 0 Å². The molecule has 0 spiro atoms. The highest BCUT2D eigenvalue weighted by Gasteiger charge is 2.29. The van der Waals surface area contributed by atoms with E-state index < -0.39 is 0 Å². The third-order valence-corrected chi connectivity index (χ3v) is 5.70. The Bertz CT molecular complexity index is 1160. The molecular formula is C21H24N6O4. The van der Waals surface area contributed by atoms with Crippen LogP contribution in [0.15, 0.2) is 18.2 Å². The van der Waals surface area contributed by atoms with Gasteiger partial charge in [0.2, 0.25) is 12.7 Å². The minimum Gasteiger partial charge on any atom is -0.466 e. The van der Waals surface area contributed by atoms with Gasteiger partial charge in [-0.05, 0) is 38.0 Å². The molecule has 162 valence electrons. The zero-order valence-corrected chi connectivity index (χ0v) is 17.5. The van der Waals surface area contributed by atoms with Crippen LogP contribution in [0.3, 0.4) is 0 Å². The molecule has 2 aliphatic heterocycles. The molecule has 4 heterocycles. The number of piperidine rings is 1. The molecule has 10 nitrogen and oxygen atoms in total. The van der Waals surface area contributed by atoms with Gasteiger partial charge in [-0.3, -0.25) is 9.48 Å². The zero-order valence-electron chi connectivity index (χ0n) is 17.5. The minimum atomic E-state index is -0.198. The van der Waals surface area contributed by atoms with Gasteiger partial charge in [-0.25, -0.2) is 4.98 Å². The van der Waals surface area contributed by atoms with E-state index in [0.29, 0.717) is 53.1 Å². The van der Waals surface area contributed by atoms with Crippen LogP contribution >= 0.6 is 0 Å². The smallest absolute Gasteiger partial charge is 0.310 e. The first-order valence-corrected chi connectivity index (χ1v) is 10.4. The van der Waals surface area contributed by atoms with Gasteiger partial charge in [-0.1, -0.05) is 0 Å². The number of fused-ring (bicyclic) bond motifs is 2. The van der Waals surface area contributed by atoms with Crippen LogP contribution in [0.5, 0.6) is 11.5 Å². The quantitative estimate of drug-likeness (QED) is 0.628. The Morgan fingerprint density at radius 3 is 2.97 bits per heavy atom. The van der Waals surface area contributed by atoms with E-state index in [2.05, 4.69) is 10.1 Å². The molecule has 2 aromatic heterocycles. The van der Waals surface area contributed by atoms with Crippen LogP contribution in [0, 0.1) is 5.92 Å². The van der Waals surface area contributed by atoms with Crippen molar-refractivity contribution in [3.63, 3.8) is 0 Å². The Labute approximate surface area is 178 Å². The average molecular weight is 424 g/mol. The molecule has 3 aromatic rings. The van der Waals surface area contributed by atoms with E-state index in [1.165, 1.54) is 0 Å². The Balaban J connectivity index is 1.58. The molecular weight excluding hydrogens is 400 g/mol. The van der Waals surface area contributed by atoms with Crippen molar-refractivity contribution in [1.82, 2.24) is 19.7 Å². The number of ether oxygens (including phenoxy) is 3. The van der Waals surface area contributed by atoms with Crippen LogP contribution in [0.1, 0.15) is 19.8 Å². The third kappa shape index (κ3) is 3.37. The van der Waals surface area contributed by atoms with Gasteiger partial charge >= 0.3 is 5.97 Å². The maximum absolute atomic E-state index is 12.3. The number of esters is 1. The Morgan fingerprint density at radius 1 is 1.29 bits per heavy atom. The molecule has 2 aliphatic rings. The first-order chi connectivity index (χ1) is 15.0. The highest BCUT2D eigenvalue weighted by atomic mass is 16.7. The van der Waals surface area contributed by atoms with E-state index in [9.17, 15) is 4.79 Å². The van der Waals surface area contributed by atoms with E-state index in [1.54, 1.807) is 11.7 Å². The number of rotatable bonds is 4. The number of nitrogens with zero attached hydrogens (tertiary/aromatic N) is 5. The van der Waals surface area contributed by atoms with Crippen molar-refractivity contribution in [2.24, 2.45) is 13.0 Å². The summed E-state index contributed by atoms with van der Waals surface area (Å²) < 4.78 is 17.8. The molecule has 0 aliphatic carbocycles. The second kappa shape index (κ2) is 7.60. The molecule has 1 aromatic carbocycles. The minimum absolute atomic E-state index is 0.175. The zero-order chi connectivity index (χ0) is 21.5. The van der Waals surface area contributed by atoms with Crippen LogP contribution in [0.4, 0.5) is 11.8 Å². The molecule has 5 rings (SSSR count). The van der Waals surface area contributed by atoms with Crippen molar-refractivity contribution < 1.29 is 19.0 Å². The standard InChI is InChI=1S/C21H24N6O4/c1-3-29-20(28)13-5-4-8-27(10-13)21-23-17(16-18(22)26(2)25-19(16)24-21)12-6-7-14-15(9-12)31-11-30-14/h6-7,9,13H,3-5,8,10-11,22H2,1-2H3. The normalized spacial score (nSPS) is 17.9. The fourth-order valence-electron chi connectivity index (χ4n) is 4.11. The highest BCUT2D eigenvalue weighted by molar-refractivity contribution is 5.99. The van der Waals surface area contributed by atoms with Gasteiger partial charge in [-0.15, -0.1) is 0 Å². The van der Waals surface area contributed by atoms with Gasteiger partial charge in [0.15, 0.2) is 17.1 Å². The second-order valence-corrected chi connectivity index (χ2v) is 7.68. The van der Waals surface area contributed by atoms with Crippen LogP contribution in [-0.2, 0) is 16.6 Å². The van der Waals surface area contributed by atoms with Crippen molar-refractivity contribution in [3.05, 3.63) is 18.2 Å². The lowest BCUT2D eigenvalue weighted by atomic mass is 9.98. The van der Waals surface area contributed by atoms with Crippen molar-refractivity contribution in [3.8, 4) is 22.8 Å². The van der Waals surface area contributed by atoms with Crippen LogP contribution < -0.4 is 20.1 Å². The summed E-state index contributed by atoms with van der Waals surface area (Å²) in [4.78, 5) is 23.8. The number of benzene rings is 1. The van der Waals surface area contributed by atoms with E-state index in [-0.39, 0.29) is 18.7 Å². The monoisotopic (exact) mass is 424 g/mol. The Morgan fingerprint density at radius 2 is 2.13 bits per heavy atom.